The molecule has 0 bridgehead atoms. The molecule has 266 valence electrons. The van der Waals surface area contributed by atoms with E-state index in [-0.39, 0.29) is 7.43 Å². The molecule has 1 aromatic heterocycles. The van der Waals surface area contributed by atoms with E-state index in [2.05, 4.69) is 164 Å². The van der Waals surface area contributed by atoms with Gasteiger partial charge in [0.05, 0.1) is 0 Å². The molecule has 0 saturated heterocycles. The minimum atomic E-state index is 0. The third kappa shape index (κ3) is 6.61. The van der Waals surface area contributed by atoms with Gasteiger partial charge in [-0.1, -0.05) is 171 Å². The van der Waals surface area contributed by atoms with Crippen molar-refractivity contribution in [3.05, 3.63) is 211 Å². The number of fused-ring (bicyclic) bond motifs is 3. The van der Waals surface area contributed by atoms with Gasteiger partial charge >= 0.3 is 0 Å². The summed E-state index contributed by atoms with van der Waals surface area (Å²) in [6.07, 6.45) is 0.858. The number of benzene rings is 8. The predicted molar refractivity (Wildman–Crippen MR) is 233 cm³/mol. The largest absolute Gasteiger partial charge is 0.208 e. The van der Waals surface area contributed by atoms with Gasteiger partial charge in [0.15, 0.2) is 17.5 Å². The van der Waals surface area contributed by atoms with Gasteiger partial charge in [-0.2, -0.15) is 0 Å². The van der Waals surface area contributed by atoms with Crippen LogP contribution in [0.5, 0.6) is 0 Å². The number of nitrogens with zero attached hydrogens (tertiary/aromatic N) is 3. The van der Waals surface area contributed by atoms with E-state index < -0.39 is 0 Å². The molecule has 1 aliphatic rings. The van der Waals surface area contributed by atoms with E-state index in [0.717, 1.165) is 39.8 Å². The van der Waals surface area contributed by atoms with Crippen LogP contribution in [-0.4, -0.2) is 15.0 Å². The maximum Gasteiger partial charge on any atom is 0.164 e. The van der Waals surface area contributed by atoms with Crippen LogP contribution in [0.1, 0.15) is 18.6 Å². The summed E-state index contributed by atoms with van der Waals surface area (Å²) in [6, 6.07) is 70.9. The summed E-state index contributed by atoms with van der Waals surface area (Å²) in [7, 11) is 0. The van der Waals surface area contributed by atoms with Crippen LogP contribution in [0, 0.1) is 0 Å². The van der Waals surface area contributed by atoms with Gasteiger partial charge in [0.25, 0.3) is 0 Å². The van der Waals surface area contributed by atoms with Crippen molar-refractivity contribution in [2.24, 2.45) is 0 Å². The van der Waals surface area contributed by atoms with Crippen molar-refractivity contribution in [1.29, 1.82) is 0 Å². The molecule has 0 atom stereocenters. The molecule has 9 aromatic rings. The van der Waals surface area contributed by atoms with Crippen molar-refractivity contribution in [2.75, 3.05) is 0 Å². The smallest absolute Gasteiger partial charge is 0.164 e. The number of rotatable bonds is 7. The lowest BCUT2D eigenvalue weighted by Crippen LogP contribution is -2.00. The van der Waals surface area contributed by atoms with Crippen molar-refractivity contribution in [1.82, 2.24) is 15.0 Å². The van der Waals surface area contributed by atoms with Crippen LogP contribution < -0.4 is 0 Å². The van der Waals surface area contributed by atoms with E-state index in [1.807, 2.05) is 36.4 Å². The highest BCUT2D eigenvalue weighted by Gasteiger charge is 2.25. The van der Waals surface area contributed by atoms with Gasteiger partial charge in [-0.15, -0.1) is 0 Å². The molecule has 3 nitrogen and oxygen atoms in total. The third-order valence-corrected chi connectivity index (χ3v) is 10.5. The molecular weight excluding hydrogens is 679 g/mol. The molecule has 0 spiro atoms. The molecule has 8 aromatic carbocycles. The van der Waals surface area contributed by atoms with Gasteiger partial charge in [0, 0.05) is 16.7 Å². The lowest BCUT2D eigenvalue weighted by molar-refractivity contribution is 1.07. The summed E-state index contributed by atoms with van der Waals surface area (Å²) in [5.41, 5.74) is 17.5. The molecular formula is C53H39N3. The van der Waals surface area contributed by atoms with E-state index >= 15 is 0 Å². The molecule has 3 heteroatoms. The minimum Gasteiger partial charge on any atom is -0.208 e. The Kier molecular flexibility index (Phi) is 9.18. The summed E-state index contributed by atoms with van der Waals surface area (Å²) in [5.74, 6) is 1.93. The normalized spacial score (nSPS) is 11.4. The molecule has 0 unspecified atom stereocenters. The summed E-state index contributed by atoms with van der Waals surface area (Å²) in [4.78, 5) is 15.3. The van der Waals surface area contributed by atoms with Crippen LogP contribution in [0.25, 0.3) is 89.8 Å². The molecule has 1 aliphatic carbocycles. The SMILES string of the molecule is C.c1ccc(-c2cc(-c3nc(-c4ccccc4)nc(-c4ccccc4)n3)cc(-c3cc(-c4ccccc4)cc4c3Cc3ccc(-c5ccccc5)cc3-4)c2)cc1. The van der Waals surface area contributed by atoms with Gasteiger partial charge in [-0.25, -0.2) is 15.0 Å². The molecule has 0 aliphatic heterocycles. The number of hydrogen-bond donors (Lipinski definition) is 0. The molecule has 0 amide bonds. The van der Waals surface area contributed by atoms with E-state index in [1.54, 1.807) is 0 Å². The molecule has 0 fully saturated rings. The van der Waals surface area contributed by atoms with Crippen molar-refractivity contribution >= 4 is 0 Å². The Balaban J connectivity index is 0.00000410. The highest BCUT2D eigenvalue weighted by molar-refractivity contribution is 5.93. The monoisotopic (exact) mass is 717 g/mol. The van der Waals surface area contributed by atoms with Crippen molar-refractivity contribution in [3.8, 4) is 89.8 Å². The average Bonchev–Trinajstić information content (AvgIpc) is 3.65. The lowest BCUT2D eigenvalue weighted by atomic mass is 9.88. The predicted octanol–water partition coefficient (Wildman–Crippen LogP) is 13.7. The van der Waals surface area contributed by atoms with Gasteiger partial charge < -0.3 is 0 Å². The Morgan fingerprint density at radius 2 is 0.643 bits per heavy atom. The molecule has 10 rings (SSSR count). The fourth-order valence-corrected chi connectivity index (χ4v) is 7.79. The van der Waals surface area contributed by atoms with Crippen LogP contribution in [0.4, 0.5) is 0 Å². The summed E-state index contributed by atoms with van der Waals surface area (Å²) in [5, 5.41) is 0. The first-order valence-corrected chi connectivity index (χ1v) is 18.7. The topological polar surface area (TPSA) is 38.7 Å². The van der Waals surface area contributed by atoms with Gasteiger partial charge in [-0.3, -0.25) is 0 Å². The Hall–Kier alpha value is -7.23. The Labute approximate surface area is 328 Å². The Bertz CT molecular complexity index is 2740. The molecule has 0 saturated carbocycles. The Morgan fingerprint density at radius 1 is 0.268 bits per heavy atom. The Morgan fingerprint density at radius 3 is 1.16 bits per heavy atom. The molecule has 0 N–H and O–H groups in total. The van der Waals surface area contributed by atoms with Gasteiger partial charge in [0.2, 0.25) is 0 Å². The van der Waals surface area contributed by atoms with Gasteiger partial charge in [-0.05, 0) is 110 Å². The zero-order valence-electron chi connectivity index (χ0n) is 30.1. The van der Waals surface area contributed by atoms with Crippen LogP contribution >= 0.6 is 0 Å². The first-order valence-electron chi connectivity index (χ1n) is 18.7. The second kappa shape index (κ2) is 14.9. The molecule has 0 radical (unpaired) electrons. The number of aromatic nitrogens is 3. The molecule has 1 heterocycles. The highest BCUT2D eigenvalue weighted by Crippen LogP contribution is 2.46. The van der Waals surface area contributed by atoms with Gasteiger partial charge in [0.1, 0.15) is 0 Å². The standard InChI is InChI=1S/C52H35N3.CH4/c1-6-16-35(17-7-1)40-26-27-41-32-48-47(33-43(34-49(48)46(41)31-40)37-20-10-3-11-21-37)44-28-42(36-18-8-2-9-19-36)29-45(30-44)52-54-50(38-22-12-4-13-23-38)53-51(55-52)39-24-14-5-15-25-39;/h1-31,33-34H,32H2;1H4. The van der Waals surface area contributed by atoms with Crippen molar-refractivity contribution in [3.63, 3.8) is 0 Å². The van der Waals surface area contributed by atoms with Crippen LogP contribution in [-0.2, 0) is 6.42 Å². The zero-order chi connectivity index (χ0) is 36.6. The quantitative estimate of drug-likeness (QED) is 0.165. The van der Waals surface area contributed by atoms with Crippen LogP contribution in [0.2, 0.25) is 0 Å². The average molecular weight is 718 g/mol. The van der Waals surface area contributed by atoms with Crippen LogP contribution in [0.15, 0.2) is 200 Å². The first-order chi connectivity index (χ1) is 27.2. The fourth-order valence-electron chi connectivity index (χ4n) is 7.79. The second-order valence-electron chi connectivity index (χ2n) is 14.0. The summed E-state index contributed by atoms with van der Waals surface area (Å²) >= 11 is 0. The summed E-state index contributed by atoms with van der Waals surface area (Å²) in [6.45, 7) is 0. The maximum absolute atomic E-state index is 5.16. The maximum atomic E-state index is 5.16. The van der Waals surface area contributed by atoms with E-state index in [0.29, 0.717) is 17.5 Å². The van der Waals surface area contributed by atoms with Crippen LogP contribution in [0.3, 0.4) is 0 Å². The minimum absolute atomic E-state index is 0. The third-order valence-electron chi connectivity index (χ3n) is 10.5. The lowest BCUT2D eigenvalue weighted by Gasteiger charge is -2.16. The van der Waals surface area contributed by atoms with E-state index in [9.17, 15) is 0 Å². The highest BCUT2D eigenvalue weighted by atomic mass is 15.0. The second-order valence-corrected chi connectivity index (χ2v) is 14.0. The van der Waals surface area contributed by atoms with E-state index in [4.69, 9.17) is 15.0 Å². The summed E-state index contributed by atoms with van der Waals surface area (Å²) < 4.78 is 0. The van der Waals surface area contributed by atoms with Crippen molar-refractivity contribution < 1.29 is 0 Å². The zero-order valence-corrected chi connectivity index (χ0v) is 30.1. The fraction of sp³-hybridized carbons (Fsp3) is 0.0377. The van der Waals surface area contributed by atoms with E-state index in [1.165, 1.54) is 50.1 Å². The first kappa shape index (κ1) is 34.5. The number of hydrogen-bond acceptors (Lipinski definition) is 3. The van der Waals surface area contributed by atoms with Crippen molar-refractivity contribution in [2.45, 2.75) is 13.8 Å². The molecule has 56 heavy (non-hydrogen) atoms.